The third kappa shape index (κ3) is 3.66. The number of piperazine rings is 1. The van der Waals surface area contributed by atoms with Gasteiger partial charge < -0.3 is 14.2 Å². The number of rotatable bonds is 3. The van der Waals surface area contributed by atoms with Crippen molar-refractivity contribution in [1.82, 2.24) is 9.80 Å². The third-order valence-electron chi connectivity index (χ3n) is 5.59. The van der Waals surface area contributed by atoms with Crippen molar-refractivity contribution in [2.45, 2.75) is 45.4 Å². The van der Waals surface area contributed by atoms with Gasteiger partial charge in [-0.2, -0.15) is 0 Å². The molecule has 2 heterocycles. The Hall–Kier alpha value is -0.585. The topological polar surface area (TPSA) is 24.9 Å². The molecule has 4 nitrogen and oxygen atoms in total. The molecule has 1 aromatic carbocycles. The van der Waals surface area contributed by atoms with E-state index in [4.69, 9.17) is 20.9 Å². The number of nitrogens with zero attached hydrogens (tertiary/aromatic N) is 2. The minimum atomic E-state index is -0.356. The molecule has 0 amide bonds. The fraction of sp³-hybridized carbons (Fsp3) is 0.667. The Kier molecular flexibility index (Phi) is 5.02. The molecule has 2 fully saturated rings. The van der Waals surface area contributed by atoms with Crippen LogP contribution in [-0.2, 0) is 15.9 Å². The van der Waals surface area contributed by atoms with Crippen molar-refractivity contribution in [2.24, 2.45) is 0 Å². The van der Waals surface area contributed by atoms with E-state index in [1.54, 1.807) is 0 Å². The molecule has 1 aromatic rings. The van der Waals surface area contributed by atoms with Gasteiger partial charge in [0.15, 0.2) is 0 Å². The summed E-state index contributed by atoms with van der Waals surface area (Å²) < 4.78 is 12.2. The SMILES string of the molecule is CN1CCN(Cc2ccc(B3OC(C)(C)C(C)(C)O3)cc2Cl)CC1. The van der Waals surface area contributed by atoms with Gasteiger partial charge in [-0.3, -0.25) is 4.90 Å². The first kappa shape index (κ1) is 18.2. The zero-order valence-corrected chi connectivity index (χ0v) is 16.2. The first-order valence-corrected chi connectivity index (χ1v) is 9.11. The van der Waals surface area contributed by atoms with Crippen LogP contribution in [0.2, 0.25) is 5.02 Å². The van der Waals surface area contributed by atoms with Crippen molar-refractivity contribution in [3.05, 3.63) is 28.8 Å². The number of hydrogen-bond donors (Lipinski definition) is 0. The molecule has 3 rings (SSSR count). The predicted molar refractivity (Wildman–Crippen MR) is 99.9 cm³/mol. The van der Waals surface area contributed by atoms with E-state index in [-0.39, 0.29) is 18.3 Å². The molecule has 2 aliphatic rings. The Bertz CT molecular complexity index is 585. The number of halogens is 1. The van der Waals surface area contributed by atoms with Crippen molar-refractivity contribution in [2.75, 3.05) is 33.2 Å². The zero-order chi connectivity index (χ0) is 17.5. The highest BCUT2D eigenvalue weighted by Gasteiger charge is 2.51. The average Bonchev–Trinajstić information content (AvgIpc) is 2.72. The van der Waals surface area contributed by atoms with Crippen LogP contribution in [0.4, 0.5) is 0 Å². The molecule has 2 aliphatic heterocycles. The Labute approximate surface area is 151 Å². The minimum Gasteiger partial charge on any atom is -0.399 e. The summed E-state index contributed by atoms with van der Waals surface area (Å²) in [6, 6.07) is 6.19. The van der Waals surface area contributed by atoms with Crippen molar-refractivity contribution >= 4 is 24.2 Å². The van der Waals surface area contributed by atoms with Gasteiger partial charge in [0.1, 0.15) is 0 Å². The predicted octanol–water partition coefficient (Wildman–Crippen LogP) is 2.39. The quantitative estimate of drug-likeness (QED) is 0.782. The van der Waals surface area contributed by atoms with E-state index in [1.165, 1.54) is 5.56 Å². The fourth-order valence-electron chi connectivity index (χ4n) is 3.06. The Balaban J connectivity index is 1.69. The Morgan fingerprint density at radius 2 is 1.62 bits per heavy atom. The Morgan fingerprint density at radius 1 is 1.04 bits per heavy atom. The number of benzene rings is 1. The summed E-state index contributed by atoms with van der Waals surface area (Å²) in [4.78, 5) is 4.81. The molecule has 0 atom stereocenters. The highest BCUT2D eigenvalue weighted by Crippen LogP contribution is 2.36. The van der Waals surface area contributed by atoms with E-state index in [0.29, 0.717) is 0 Å². The molecule has 0 aromatic heterocycles. The number of likely N-dealkylation sites (N-methyl/N-ethyl adjacent to an activating group) is 1. The lowest BCUT2D eigenvalue weighted by atomic mass is 9.79. The second-order valence-electron chi connectivity index (χ2n) is 8.02. The van der Waals surface area contributed by atoms with Crippen LogP contribution in [0.5, 0.6) is 0 Å². The van der Waals surface area contributed by atoms with Gasteiger partial charge in [-0.25, -0.2) is 0 Å². The second kappa shape index (κ2) is 6.62. The standard InChI is InChI=1S/C18H28BClN2O2/c1-17(2)18(3,4)24-19(23-17)15-7-6-14(16(20)12-15)13-22-10-8-21(5)9-11-22/h6-7,12H,8-11,13H2,1-5H3. The van der Waals surface area contributed by atoms with Crippen LogP contribution < -0.4 is 5.46 Å². The van der Waals surface area contributed by atoms with Gasteiger partial charge in [-0.1, -0.05) is 23.7 Å². The zero-order valence-electron chi connectivity index (χ0n) is 15.4. The molecule has 0 aliphatic carbocycles. The van der Waals surface area contributed by atoms with E-state index in [9.17, 15) is 0 Å². The van der Waals surface area contributed by atoms with Crippen LogP contribution >= 0.6 is 11.6 Å². The van der Waals surface area contributed by atoms with E-state index in [2.05, 4.69) is 56.7 Å². The summed E-state index contributed by atoms with van der Waals surface area (Å²) in [6.45, 7) is 13.6. The van der Waals surface area contributed by atoms with Gasteiger partial charge in [0.05, 0.1) is 11.2 Å². The lowest BCUT2D eigenvalue weighted by Crippen LogP contribution is -2.44. The highest BCUT2D eigenvalue weighted by molar-refractivity contribution is 6.62. The summed E-state index contributed by atoms with van der Waals surface area (Å²) in [5.74, 6) is 0. The molecular formula is C18H28BClN2O2. The van der Waals surface area contributed by atoms with Crippen molar-refractivity contribution in [1.29, 1.82) is 0 Å². The van der Waals surface area contributed by atoms with E-state index < -0.39 is 0 Å². The molecular weight excluding hydrogens is 322 g/mol. The molecule has 24 heavy (non-hydrogen) atoms. The van der Waals surface area contributed by atoms with Gasteiger partial charge in [0.2, 0.25) is 0 Å². The van der Waals surface area contributed by atoms with Gasteiger partial charge in [0, 0.05) is 37.7 Å². The average molecular weight is 351 g/mol. The molecule has 2 saturated heterocycles. The lowest BCUT2D eigenvalue weighted by Gasteiger charge is -2.32. The third-order valence-corrected chi connectivity index (χ3v) is 5.94. The maximum atomic E-state index is 6.55. The van der Waals surface area contributed by atoms with Crippen LogP contribution in [0.1, 0.15) is 33.3 Å². The van der Waals surface area contributed by atoms with Gasteiger partial charge in [-0.15, -0.1) is 0 Å². The molecule has 0 saturated carbocycles. The summed E-state index contributed by atoms with van der Waals surface area (Å²) >= 11 is 6.55. The first-order valence-electron chi connectivity index (χ1n) is 8.73. The maximum Gasteiger partial charge on any atom is 0.494 e. The molecule has 0 radical (unpaired) electrons. The fourth-order valence-corrected chi connectivity index (χ4v) is 3.31. The largest absolute Gasteiger partial charge is 0.494 e. The van der Waals surface area contributed by atoms with Crippen LogP contribution in [0.25, 0.3) is 0 Å². The smallest absolute Gasteiger partial charge is 0.399 e. The van der Waals surface area contributed by atoms with Gasteiger partial charge in [0.25, 0.3) is 0 Å². The summed E-state index contributed by atoms with van der Waals surface area (Å²) in [7, 11) is 1.81. The van der Waals surface area contributed by atoms with Crippen molar-refractivity contribution < 1.29 is 9.31 Å². The molecule has 0 N–H and O–H groups in total. The molecule has 6 heteroatoms. The Morgan fingerprint density at radius 3 is 2.17 bits per heavy atom. The van der Waals surface area contributed by atoms with E-state index in [0.717, 1.165) is 43.2 Å². The normalized spacial score (nSPS) is 24.5. The maximum absolute atomic E-state index is 6.55. The monoisotopic (exact) mass is 350 g/mol. The number of hydrogen-bond acceptors (Lipinski definition) is 4. The van der Waals surface area contributed by atoms with Crippen LogP contribution in [0.15, 0.2) is 18.2 Å². The minimum absolute atomic E-state index is 0.331. The summed E-state index contributed by atoms with van der Waals surface area (Å²) in [6.07, 6.45) is 0. The van der Waals surface area contributed by atoms with Crippen molar-refractivity contribution in [3.8, 4) is 0 Å². The van der Waals surface area contributed by atoms with E-state index >= 15 is 0 Å². The summed E-state index contributed by atoms with van der Waals surface area (Å²) in [5, 5.41) is 0.793. The van der Waals surface area contributed by atoms with Crippen LogP contribution in [0.3, 0.4) is 0 Å². The second-order valence-corrected chi connectivity index (χ2v) is 8.43. The lowest BCUT2D eigenvalue weighted by molar-refractivity contribution is 0.00578. The van der Waals surface area contributed by atoms with E-state index in [1.807, 2.05) is 6.07 Å². The highest BCUT2D eigenvalue weighted by atomic mass is 35.5. The van der Waals surface area contributed by atoms with Gasteiger partial charge >= 0.3 is 7.12 Å². The molecule has 0 bridgehead atoms. The van der Waals surface area contributed by atoms with Crippen molar-refractivity contribution in [3.63, 3.8) is 0 Å². The van der Waals surface area contributed by atoms with Crippen LogP contribution in [0, 0.1) is 0 Å². The molecule has 0 unspecified atom stereocenters. The van der Waals surface area contributed by atoms with Crippen LogP contribution in [-0.4, -0.2) is 61.3 Å². The molecule has 132 valence electrons. The van der Waals surface area contributed by atoms with Gasteiger partial charge in [-0.05, 0) is 51.8 Å². The molecule has 0 spiro atoms. The first-order chi connectivity index (χ1) is 11.2. The summed E-state index contributed by atoms with van der Waals surface area (Å²) in [5.41, 5.74) is 1.49.